The van der Waals surface area contributed by atoms with Gasteiger partial charge in [-0.25, -0.2) is 8.42 Å². The normalized spacial score (nSPS) is 12.0. The summed E-state index contributed by atoms with van der Waals surface area (Å²) in [6.45, 7) is 1.60. The van der Waals surface area contributed by atoms with Crippen LogP contribution in [0.4, 0.5) is 11.4 Å². The van der Waals surface area contributed by atoms with Crippen molar-refractivity contribution < 1.29 is 22.7 Å². The van der Waals surface area contributed by atoms with E-state index in [-0.39, 0.29) is 20.6 Å². The molecule has 3 aromatic rings. The van der Waals surface area contributed by atoms with E-state index in [2.05, 4.69) is 10.0 Å². The van der Waals surface area contributed by atoms with Gasteiger partial charge in [-0.05, 0) is 55.5 Å². The lowest BCUT2D eigenvalue weighted by atomic mass is 10.3. The average Bonchev–Trinajstić information content (AvgIpc) is 2.77. The summed E-state index contributed by atoms with van der Waals surface area (Å²) in [5.41, 5.74) is 0.573. The number of nitrogens with one attached hydrogen (secondary N) is 2. The Hall–Kier alpha value is -2.94. The zero-order valence-electron chi connectivity index (χ0n) is 17.1. The number of benzene rings is 3. The molecule has 7 nitrogen and oxygen atoms in total. The summed E-state index contributed by atoms with van der Waals surface area (Å²) >= 11 is 12.0. The summed E-state index contributed by atoms with van der Waals surface area (Å²) in [6, 6.07) is 17.3. The molecule has 10 heteroatoms. The van der Waals surface area contributed by atoms with Crippen molar-refractivity contribution in [1.82, 2.24) is 0 Å². The summed E-state index contributed by atoms with van der Waals surface area (Å²) in [6.07, 6.45) is -0.818. The van der Waals surface area contributed by atoms with E-state index in [1.807, 2.05) is 0 Å². The molecule has 2 N–H and O–H groups in total. The second kappa shape index (κ2) is 10.1. The molecule has 0 aliphatic rings. The van der Waals surface area contributed by atoms with E-state index in [1.165, 1.54) is 37.4 Å². The van der Waals surface area contributed by atoms with Crippen LogP contribution in [0.1, 0.15) is 6.92 Å². The Kier molecular flexibility index (Phi) is 7.50. The second-order valence-corrected chi connectivity index (χ2v) is 9.10. The van der Waals surface area contributed by atoms with Crippen LogP contribution in [0.25, 0.3) is 0 Å². The van der Waals surface area contributed by atoms with Gasteiger partial charge >= 0.3 is 0 Å². The van der Waals surface area contributed by atoms with Crippen LogP contribution in [0, 0.1) is 0 Å². The van der Waals surface area contributed by atoms with Gasteiger partial charge in [0.15, 0.2) is 17.6 Å². The Bertz CT molecular complexity index is 1220. The first-order valence-electron chi connectivity index (χ1n) is 9.38. The number of halogens is 2. The summed E-state index contributed by atoms with van der Waals surface area (Å²) in [7, 11) is -2.40. The first kappa shape index (κ1) is 23.7. The summed E-state index contributed by atoms with van der Waals surface area (Å²) in [5.74, 6) is 0.536. The van der Waals surface area contributed by atoms with Crippen molar-refractivity contribution in [3.8, 4) is 11.5 Å². The minimum absolute atomic E-state index is 0.00939. The van der Waals surface area contributed by atoms with Gasteiger partial charge in [-0.15, -0.1) is 0 Å². The van der Waals surface area contributed by atoms with Crippen LogP contribution in [0.15, 0.2) is 71.6 Å². The molecule has 32 heavy (non-hydrogen) atoms. The van der Waals surface area contributed by atoms with Gasteiger partial charge in [-0.1, -0.05) is 41.4 Å². The van der Waals surface area contributed by atoms with Crippen molar-refractivity contribution in [3.05, 3.63) is 76.8 Å². The highest BCUT2D eigenvalue weighted by Gasteiger charge is 2.19. The summed E-state index contributed by atoms with van der Waals surface area (Å²) < 4.78 is 38.6. The quantitative estimate of drug-likeness (QED) is 0.448. The number of ether oxygens (including phenoxy) is 2. The molecule has 0 bridgehead atoms. The Balaban J connectivity index is 1.67. The number of carbonyl (C=O) groups excluding carboxylic acids is 1. The Morgan fingerprint density at radius 2 is 1.59 bits per heavy atom. The third-order valence-electron chi connectivity index (χ3n) is 4.37. The van der Waals surface area contributed by atoms with Gasteiger partial charge < -0.3 is 14.8 Å². The van der Waals surface area contributed by atoms with Gasteiger partial charge in [0.25, 0.3) is 15.9 Å². The van der Waals surface area contributed by atoms with Crippen LogP contribution in [-0.4, -0.2) is 27.5 Å². The minimum atomic E-state index is -3.91. The third-order valence-corrected chi connectivity index (χ3v) is 6.57. The monoisotopic (exact) mass is 494 g/mol. The van der Waals surface area contributed by atoms with E-state index >= 15 is 0 Å². The fourth-order valence-corrected chi connectivity index (χ4v) is 4.18. The van der Waals surface area contributed by atoms with E-state index in [0.717, 1.165) is 0 Å². The highest BCUT2D eigenvalue weighted by atomic mass is 35.5. The molecule has 1 atom stereocenters. The molecule has 0 radical (unpaired) electrons. The zero-order valence-corrected chi connectivity index (χ0v) is 19.5. The lowest BCUT2D eigenvalue weighted by molar-refractivity contribution is -0.122. The third kappa shape index (κ3) is 5.64. The Morgan fingerprint density at radius 1 is 0.938 bits per heavy atom. The number of amides is 1. The van der Waals surface area contributed by atoms with Gasteiger partial charge in [0.1, 0.15) is 0 Å². The zero-order chi connectivity index (χ0) is 23.3. The van der Waals surface area contributed by atoms with Crippen molar-refractivity contribution in [1.29, 1.82) is 0 Å². The van der Waals surface area contributed by atoms with Crippen LogP contribution >= 0.6 is 23.2 Å². The van der Waals surface area contributed by atoms with Gasteiger partial charge in [0, 0.05) is 5.69 Å². The second-order valence-electron chi connectivity index (χ2n) is 6.63. The molecule has 0 aliphatic heterocycles. The molecule has 0 unspecified atom stereocenters. The molecular weight excluding hydrogens is 475 g/mol. The Morgan fingerprint density at radius 3 is 2.25 bits per heavy atom. The lowest BCUT2D eigenvalue weighted by Crippen LogP contribution is -2.30. The Labute approximate surface area is 196 Å². The van der Waals surface area contributed by atoms with Gasteiger partial charge in [-0.3, -0.25) is 9.52 Å². The van der Waals surface area contributed by atoms with Crippen molar-refractivity contribution in [2.75, 3.05) is 17.1 Å². The maximum atomic E-state index is 12.6. The van der Waals surface area contributed by atoms with E-state index in [4.69, 9.17) is 32.7 Å². The molecule has 3 aromatic carbocycles. The minimum Gasteiger partial charge on any atom is -0.493 e. The van der Waals surface area contributed by atoms with Crippen molar-refractivity contribution >= 4 is 50.5 Å². The number of hydrogen-bond acceptors (Lipinski definition) is 5. The SMILES string of the molecule is COc1ccccc1O[C@@H](C)C(=O)Nc1ccc(S(=O)(=O)Nc2cccc(Cl)c2Cl)cc1. The number of para-hydroxylation sites is 2. The van der Waals surface area contributed by atoms with Crippen LogP contribution in [0.5, 0.6) is 11.5 Å². The van der Waals surface area contributed by atoms with Crippen molar-refractivity contribution in [2.45, 2.75) is 17.9 Å². The number of rotatable bonds is 8. The van der Waals surface area contributed by atoms with E-state index in [0.29, 0.717) is 17.2 Å². The molecule has 0 heterocycles. The molecule has 0 spiro atoms. The largest absolute Gasteiger partial charge is 0.493 e. The van der Waals surface area contributed by atoms with Gasteiger partial charge in [0.2, 0.25) is 0 Å². The fourth-order valence-electron chi connectivity index (χ4n) is 2.71. The molecule has 168 valence electrons. The lowest BCUT2D eigenvalue weighted by Gasteiger charge is -2.17. The standard InChI is InChI=1S/C22H20Cl2N2O5S/c1-14(31-20-9-4-3-8-19(20)30-2)22(27)25-15-10-12-16(13-11-15)32(28,29)26-18-7-5-6-17(23)21(18)24/h3-14,26H,1-2H3,(H,25,27)/t14-/m0/s1. The molecular formula is C22H20Cl2N2O5S. The fraction of sp³-hybridized carbons (Fsp3) is 0.136. The van der Waals surface area contributed by atoms with E-state index < -0.39 is 22.0 Å². The maximum Gasteiger partial charge on any atom is 0.265 e. The van der Waals surface area contributed by atoms with Gasteiger partial charge in [-0.2, -0.15) is 0 Å². The van der Waals surface area contributed by atoms with Gasteiger partial charge in [0.05, 0.1) is 27.7 Å². The molecule has 0 saturated carbocycles. The molecule has 3 rings (SSSR count). The van der Waals surface area contributed by atoms with Crippen molar-refractivity contribution in [2.24, 2.45) is 0 Å². The molecule has 0 fully saturated rings. The highest BCUT2D eigenvalue weighted by molar-refractivity contribution is 7.92. The maximum absolute atomic E-state index is 12.6. The highest BCUT2D eigenvalue weighted by Crippen LogP contribution is 2.31. The summed E-state index contributed by atoms with van der Waals surface area (Å²) in [4.78, 5) is 12.5. The number of carbonyl (C=O) groups is 1. The first-order valence-corrected chi connectivity index (χ1v) is 11.6. The number of hydrogen-bond donors (Lipinski definition) is 2. The number of anilines is 2. The average molecular weight is 495 g/mol. The topological polar surface area (TPSA) is 93.7 Å². The molecule has 0 aromatic heterocycles. The number of methoxy groups -OCH3 is 1. The van der Waals surface area contributed by atoms with Crippen LogP contribution < -0.4 is 19.5 Å². The van der Waals surface area contributed by atoms with Crippen molar-refractivity contribution in [3.63, 3.8) is 0 Å². The molecule has 1 amide bonds. The van der Waals surface area contributed by atoms with Crippen LogP contribution in [0.2, 0.25) is 10.0 Å². The van der Waals surface area contributed by atoms with E-state index in [1.54, 1.807) is 43.3 Å². The molecule has 0 saturated heterocycles. The smallest absolute Gasteiger partial charge is 0.265 e. The van der Waals surface area contributed by atoms with Crippen LogP contribution in [-0.2, 0) is 14.8 Å². The predicted octanol–water partition coefficient (Wildman–Crippen LogP) is 5.21. The predicted molar refractivity (Wildman–Crippen MR) is 125 cm³/mol. The summed E-state index contributed by atoms with van der Waals surface area (Å²) in [5, 5.41) is 3.02. The number of sulfonamides is 1. The van der Waals surface area contributed by atoms with Crippen LogP contribution in [0.3, 0.4) is 0 Å². The first-order chi connectivity index (χ1) is 15.2. The van der Waals surface area contributed by atoms with E-state index in [9.17, 15) is 13.2 Å². The molecule has 0 aliphatic carbocycles.